The third kappa shape index (κ3) is 8.07. The zero-order valence-corrected chi connectivity index (χ0v) is 21.9. The zero-order valence-electron chi connectivity index (χ0n) is 20.4. The fourth-order valence-corrected chi connectivity index (χ4v) is 3.69. The average Bonchev–Trinajstić information content (AvgIpc) is 2.79. The van der Waals surface area contributed by atoms with Gasteiger partial charge in [0.2, 0.25) is 5.91 Å². The van der Waals surface area contributed by atoms with Gasteiger partial charge in [-0.15, -0.1) is 0 Å². The summed E-state index contributed by atoms with van der Waals surface area (Å²) < 4.78 is 11.8. The number of methoxy groups -OCH3 is 1. The zero-order chi connectivity index (χ0) is 24.5. The molecule has 2 aromatic carbocycles. The highest BCUT2D eigenvalue weighted by molar-refractivity contribution is 9.10. The number of hydrogen-bond donors (Lipinski definition) is 1. The minimum atomic E-state index is -0.645. The smallest absolute Gasteiger partial charge is 0.261 e. The maximum absolute atomic E-state index is 13.2. The summed E-state index contributed by atoms with van der Waals surface area (Å²) >= 11 is 3.53. The summed E-state index contributed by atoms with van der Waals surface area (Å²) in [6, 6.07) is 12.7. The van der Waals surface area contributed by atoms with Gasteiger partial charge in [-0.25, -0.2) is 0 Å². The number of halogens is 1. The molecule has 33 heavy (non-hydrogen) atoms. The van der Waals surface area contributed by atoms with Crippen LogP contribution in [0.3, 0.4) is 0 Å². The molecule has 0 heterocycles. The van der Waals surface area contributed by atoms with Crippen LogP contribution >= 0.6 is 15.9 Å². The van der Waals surface area contributed by atoms with Crippen molar-refractivity contribution in [1.29, 1.82) is 0 Å². The molecule has 0 unspecified atom stereocenters. The number of nitrogens with one attached hydrogen (secondary N) is 1. The molecule has 0 fully saturated rings. The summed E-state index contributed by atoms with van der Waals surface area (Å²) in [5, 5.41) is 2.92. The number of amides is 2. The average molecular weight is 519 g/mol. The van der Waals surface area contributed by atoms with Crippen molar-refractivity contribution < 1.29 is 19.1 Å². The molecule has 1 N–H and O–H groups in total. The molecule has 180 valence electrons. The predicted octanol–water partition coefficient (Wildman–Crippen LogP) is 5.15. The fourth-order valence-electron chi connectivity index (χ4n) is 3.18. The summed E-state index contributed by atoms with van der Waals surface area (Å²) in [6.45, 7) is 10.7. The number of carbonyl (C=O) groups excluding carboxylic acids is 2. The largest absolute Gasteiger partial charge is 0.497 e. The summed E-state index contributed by atoms with van der Waals surface area (Å²) in [5.74, 6) is 1.58. The van der Waals surface area contributed by atoms with Crippen molar-refractivity contribution in [3.63, 3.8) is 0 Å². The molecule has 2 rings (SSSR count). The molecule has 0 aliphatic heterocycles. The number of rotatable bonds is 11. The van der Waals surface area contributed by atoms with Gasteiger partial charge >= 0.3 is 0 Å². The fraction of sp³-hybridized carbons (Fsp3) is 0.462. The van der Waals surface area contributed by atoms with Gasteiger partial charge in [-0.2, -0.15) is 0 Å². The Morgan fingerprint density at radius 1 is 1.03 bits per heavy atom. The Kier molecular flexibility index (Phi) is 10.2. The van der Waals surface area contributed by atoms with Gasteiger partial charge in [-0.05, 0) is 70.1 Å². The maximum Gasteiger partial charge on any atom is 0.261 e. The molecule has 1 atom stereocenters. The van der Waals surface area contributed by atoms with E-state index in [1.165, 1.54) is 5.56 Å². The molecule has 0 aliphatic carbocycles. The van der Waals surface area contributed by atoms with E-state index in [1.807, 2.05) is 56.3 Å². The maximum atomic E-state index is 13.2. The Bertz CT molecular complexity index is 928. The van der Waals surface area contributed by atoms with Crippen LogP contribution in [0.5, 0.6) is 11.5 Å². The van der Waals surface area contributed by atoms with E-state index in [0.717, 1.165) is 15.8 Å². The molecular formula is C26H35BrN2O4. The first-order chi connectivity index (χ1) is 15.6. The highest BCUT2D eigenvalue weighted by atomic mass is 79.9. The monoisotopic (exact) mass is 518 g/mol. The molecule has 0 saturated carbocycles. The Morgan fingerprint density at radius 3 is 2.24 bits per heavy atom. The topological polar surface area (TPSA) is 67.9 Å². The third-order valence-electron chi connectivity index (χ3n) is 5.34. The summed E-state index contributed by atoms with van der Waals surface area (Å²) in [4.78, 5) is 27.5. The van der Waals surface area contributed by atoms with Crippen LogP contribution in [-0.2, 0) is 16.1 Å². The van der Waals surface area contributed by atoms with Crippen LogP contribution in [0, 0.1) is 5.92 Å². The van der Waals surface area contributed by atoms with Gasteiger partial charge in [-0.1, -0.05) is 45.9 Å². The number of carbonyl (C=O) groups is 2. The van der Waals surface area contributed by atoms with E-state index in [2.05, 4.69) is 35.1 Å². The Hall–Kier alpha value is -2.54. The predicted molar refractivity (Wildman–Crippen MR) is 135 cm³/mol. The Balaban J connectivity index is 2.16. The molecule has 0 aliphatic rings. The standard InChI is InChI=1S/C26H35BrN2O4/c1-17(2)14-28-26(31)19(5)29(15-20-7-10-22(32-6)11-8-20)25(30)16-33-24-12-9-21(18(3)4)13-23(24)27/h7-13,17-19H,14-16H2,1-6H3,(H,28,31)/t19-/m1/s1. The summed E-state index contributed by atoms with van der Waals surface area (Å²) in [5.41, 5.74) is 2.08. The molecule has 0 saturated heterocycles. The second kappa shape index (κ2) is 12.6. The van der Waals surface area contributed by atoms with Gasteiger partial charge in [0.15, 0.2) is 6.61 Å². The molecular weight excluding hydrogens is 484 g/mol. The van der Waals surface area contributed by atoms with E-state index >= 15 is 0 Å². The molecule has 7 heteroatoms. The van der Waals surface area contributed by atoms with Crippen LogP contribution in [0.2, 0.25) is 0 Å². The van der Waals surface area contributed by atoms with Crippen molar-refractivity contribution in [3.8, 4) is 11.5 Å². The normalized spacial score (nSPS) is 11.9. The molecule has 0 radical (unpaired) electrons. The van der Waals surface area contributed by atoms with Crippen LogP contribution in [-0.4, -0.2) is 43.0 Å². The van der Waals surface area contributed by atoms with Crippen molar-refractivity contribution >= 4 is 27.7 Å². The number of nitrogens with zero attached hydrogens (tertiary/aromatic N) is 1. The first kappa shape index (κ1) is 26.7. The van der Waals surface area contributed by atoms with Gasteiger partial charge in [-0.3, -0.25) is 9.59 Å². The van der Waals surface area contributed by atoms with Crippen molar-refractivity contribution in [2.24, 2.45) is 5.92 Å². The van der Waals surface area contributed by atoms with E-state index in [1.54, 1.807) is 18.9 Å². The highest BCUT2D eigenvalue weighted by Gasteiger charge is 2.26. The minimum absolute atomic E-state index is 0.169. The van der Waals surface area contributed by atoms with Gasteiger partial charge in [0.05, 0.1) is 11.6 Å². The lowest BCUT2D eigenvalue weighted by atomic mass is 10.0. The minimum Gasteiger partial charge on any atom is -0.497 e. The van der Waals surface area contributed by atoms with Crippen LogP contribution < -0.4 is 14.8 Å². The quantitative estimate of drug-likeness (QED) is 0.446. The lowest BCUT2D eigenvalue weighted by Crippen LogP contribution is -2.49. The van der Waals surface area contributed by atoms with Gasteiger partial charge < -0.3 is 19.7 Å². The second-order valence-electron chi connectivity index (χ2n) is 8.82. The Labute approximate surface area is 205 Å². The van der Waals surface area contributed by atoms with Crippen LogP contribution in [0.25, 0.3) is 0 Å². The van der Waals surface area contributed by atoms with E-state index in [0.29, 0.717) is 24.1 Å². The third-order valence-corrected chi connectivity index (χ3v) is 5.96. The number of ether oxygens (including phenoxy) is 2. The molecule has 0 bridgehead atoms. The van der Waals surface area contributed by atoms with E-state index < -0.39 is 6.04 Å². The van der Waals surface area contributed by atoms with Crippen LogP contribution in [0.1, 0.15) is 51.7 Å². The molecule has 6 nitrogen and oxygen atoms in total. The summed E-state index contributed by atoms with van der Waals surface area (Å²) in [7, 11) is 1.61. The van der Waals surface area contributed by atoms with Crippen molar-refractivity contribution in [2.75, 3.05) is 20.3 Å². The number of benzene rings is 2. The molecule has 2 amide bonds. The van der Waals surface area contributed by atoms with E-state index in [4.69, 9.17) is 9.47 Å². The first-order valence-corrected chi connectivity index (χ1v) is 12.0. The van der Waals surface area contributed by atoms with Crippen molar-refractivity contribution in [3.05, 3.63) is 58.1 Å². The van der Waals surface area contributed by atoms with Crippen molar-refractivity contribution in [1.82, 2.24) is 10.2 Å². The van der Waals surface area contributed by atoms with E-state index in [-0.39, 0.29) is 25.0 Å². The van der Waals surface area contributed by atoms with Crippen molar-refractivity contribution in [2.45, 2.75) is 53.1 Å². The van der Waals surface area contributed by atoms with Crippen LogP contribution in [0.4, 0.5) is 0 Å². The summed E-state index contributed by atoms with van der Waals surface area (Å²) in [6.07, 6.45) is 0. The highest BCUT2D eigenvalue weighted by Crippen LogP contribution is 2.29. The lowest BCUT2D eigenvalue weighted by Gasteiger charge is -2.29. The van der Waals surface area contributed by atoms with Gasteiger partial charge in [0.25, 0.3) is 5.91 Å². The van der Waals surface area contributed by atoms with Gasteiger partial charge in [0, 0.05) is 13.1 Å². The molecule has 2 aromatic rings. The Morgan fingerprint density at radius 2 is 1.70 bits per heavy atom. The lowest BCUT2D eigenvalue weighted by molar-refractivity contribution is -0.142. The first-order valence-electron chi connectivity index (χ1n) is 11.2. The SMILES string of the molecule is COc1ccc(CN(C(=O)COc2ccc(C(C)C)cc2Br)[C@H](C)C(=O)NCC(C)C)cc1. The van der Waals surface area contributed by atoms with E-state index in [9.17, 15) is 9.59 Å². The molecule has 0 aromatic heterocycles. The second-order valence-corrected chi connectivity index (χ2v) is 9.67. The number of hydrogen-bond acceptors (Lipinski definition) is 4. The van der Waals surface area contributed by atoms with Crippen LogP contribution in [0.15, 0.2) is 46.9 Å². The van der Waals surface area contributed by atoms with Gasteiger partial charge in [0.1, 0.15) is 17.5 Å². The molecule has 0 spiro atoms.